The average molecular weight is 245 g/mol. The molecule has 1 N–H and O–H groups in total. The van der Waals surface area contributed by atoms with Crippen LogP contribution in [-0.2, 0) is 16.4 Å². The van der Waals surface area contributed by atoms with Crippen molar-refractivity contribution in [1.82, 2.24) is 14.3 Å². The summed E-state index contributed by atoms with van der Waals surface area (Å²) in [5.41, 5.74) is 0. The summed E-state index contributed by atoms with van der Waals surface area (Å²) in [5, 5.41) is 0.180. The van der Waals surface area contributed by atoms with Crippen LogP contribution < -0.4 is 0 Å². The predicted octanol–water partition coefficient (Wildman–Crippen LogP) is 1.39. The molecule has 1 aromatic rings. The molecule has 0 saturated heterocycles. The molecule has 0 saturated carbocycles. The lowest BCUT2D eigenvalue weighted by Gasteiger charge is -2.23. The van der Waals surface area contributed by atoms with Crippen molar-refractivity contribution >= 4 is 10.0 Å². The fourth-order valence-electron chi connectivity index (χ4n) is 1.59. The lowest BCUT2D eigenvalue weighted by atomic mass is 10.4. The molecule has 0 amide bonds. The van der Waals surface area contributed by atoms with Crippen LogP contribution in [0.2, 0.25) is 0 Å². The third-order valence-corrected chi connectivity index (χ3v) is 4.47. The fourth-order valence-corrected chi connectivity index (χ4v) is 3.17. The van der Waals surface area contributed by atoms with Gasteiger partial charge in [0.05, 0.1) is 6.20 Å². The summed E-state index contributed by atoms with van der Waals surface area (Å²) in [7, 11) is -3.42. The Labute approximate surface area is 96.9 Å². The zero-order chi connectivity index (χ0) is 12.3. The maximum Gasteiger partial charge on any atom is 0.260 e. The Kier molecular flexibility index (Phi) is 4.09. The molecule has 0 aromatic carbocycles. The van der Waals surface area contributed by atoms with Crippen LogP contribution in [0.25, 0.3) is 0 Å². The van der Waals surface area contributed by atoms with Gasteiger partial charge in [-0.15, -0.1) is 0 Å². The fraction of sp³-hybridized carbons (Fsp3) is 0.700. The van der Waals surface area contributed by atoms with Crippen LogP contribution in [0.4, 0.5) is 0 Å². The number of hydrogen-bond donors (Lipinski definition) is 1. The van der Waals surface area contributed by atoms with Crippen LogP contribution in [0.3, 0.4) is 0 Å². The first kappa shape index (κ1) is 13.2. The predicted molar refractivity (Wildman–Crippen MR) is 62.7 cm³/mol. The smallest absolute Gasteiger partial charge is 0.260 e. The maximum absolute atomic E-state index is 12.2. The van der Waals surface area contributed by atoms with Gasteiger partial charge in [-0.1, -0.05) is 13.8 Å². The Bertz CT molecular complexity index is 437. The van der Waals surface area contributed by atoms with Crippen molar-refractivity contribution in [2.45, 2.75) is 45.2 Å². The summed E-state index contributed by atoms with van der Waals surface area (Å²) < 4.78 is 25.8. The van der Waals surface area contributed by atoms with Gasteiger partial charge in [-0.2, -0.15) is 4.31 Å². The largest absolute Gasteiger partial charge is 0.332 e. The molecule has 6 heteroatoms. The molecule has 1 heterocycles. The summed E-state index contributed by atoms with van der Waals surface area (Å²) in [5.74, 6) is 0.693. The molecule has 0 unspecified atom stereocenters. The Morgan fingerprint density at radius 3 is 2.44 bits per heavy atom. The van der Waals surface area contributed by atoms with Crippen molar-refractivity contribution in [2.75, 3.05) is 6.54 Å². The molecule has 92 valence electrons. The average Bonchev–Trinajstić information content (AvgIpc) is 2.66. The van der Waals surface area contributed by atoms with E-state index in [9.17, 15) is 8.42 Å². The SMILES string of the molecule is CCc1ncc(S(=O)(=O)N(CC)C(C)C)[nH]1. The van der Waals surface area contributed by atoms with E-state index in [0.29, 0.717) is 18.8 Å². The lowest BCUT2D eigenvalue weighted by Crippen LogP contribution is -2.36. The normalized spacial score (nSPS) is 12.6. The van der Waals surface area contributed by atoms with Crippen molar-refractivity contribution in [3.05, 3.63) is 12.0 Å². The molecule has 0 fully saturated rings. The second kappa shape index (κ2) is 4.97. The molecular weight excluding hydrogens is 226 g/mol. The Balaban J connectivity index is 3.09. The molecule has 0 spiro atoms. The number of sulfonamides is 1. The molecule has 16 heavy (non-hydrogen) atoms. The molecular formula is C10H19N3O2S. The Morgan fingerprint density at radius 1 is 1.44 bits per heavy atom. The van der Waals surface area contributed by atoms with E-state index in [1.165, 1.54) is 10.5 Å². The summed E-state index contributed by atoms with van der Waals surface area (Å²) >= 11 is 0. The molecule has 0 aliphatic rings. The van der Waals surface area contributed by atoms with Gasteiger partial charge in [-0.05, 0) is 13.8 Å². The van der Waals surface area contributed by atoms with Gasteiger partial charge >= 0.3 is 0 Å². The molecule has 0 bridgehead atoms. The molecule has 0 radical (unpaired) electrons. The van der Waals surface area contributed by atoms with Gasteiger partial charge in [0.15, 0.2) is 5.03 Å². The van der Waals surface area contributed by atoms with E-state index in [0.717, 1.165) is 0 Å². The van der Waals surface area contributed by atoms with Crippen LogP contribution in [0.5, 0.6) is 0 Å². The van der Waals surface area contributed by atoms with E-state index in [1.54, 1.807) is 0 Å². The first-order valence-electron chi connectivity index (χ1n) is 5.49. The van der Waals surface area contributed by atoms with Crippen molar-refractivity contribution in [1.29, 1.82) is 0 Å². The topological polar surface area (TPSA) is 66.1 Å². The van der Waals surface area contributed by atoms with E-state index >= 15 is 0 Å². The summed E-state index contributed by atoms with van der Waals surface area (Å²) in [4.78, 5) is 6.85. The Hall–Kier alpha value is -0.880. The number of aryl methyl sites for hydroxylation is 1. The van der Waals surface area contributed by atoms with Crippen molar-refractivity contribution in [3.8, 4) is 0 Å². The van der Waals surface area contributed by atoms with Crippen molar-refractivity contribution < 1.29 is 8.42 Å². The van der Waals surface area contributed by atoms with Gasteiger partial charge in [-0.3, -0.25) is 0 Å². The van der Waals surface area contributed by atoms with Gasteiger partial charge in [0.2, 0.25) is 0 Å². The summed E-state index contributed by atoms with van der Waals surface area (Å²) in [6, 6.07) is -0.0524. The number of rotatable bonds is 5. The standard InChI is InChI=1S/C10H19N3O2S/c1-5-9-11-7-10(12-9)16(14,15)13(6-2)8(3)4/h7-8H,5-6H2,1-4H3,(H,11,12). The highest BCUT2D eigenvalue weighted by Gasteiger charge is 2.27. The van der Waals surface area contributed by atoms with E-state index < -0.39 is 10.0 Å². The first-order valence-corrected chi connectivity index (χ1v) is 6.93. The highest BCUT2D eigenvalue weighted by Crippen LogP contribution is 2.15. The van der Waals surface area contributed by atoms with Crippen molar-refractivity contribution in [2.24, 2.45) is 0 Å². The van der Waals surface area contributed by atoms with Crippen LogP contribution in [0.15, 0.2) is 11.2 Å². The number of imidazole rings is 1. The molecule has 5 nitrogen and oxygen atoms in total. The minimum Gasteiger partial charge on any atom is -0.332 e. The zero-order valence-corrected chi connectivity index (χ0v) is 11.0. The van der Waals surface area contributed by atoms with E-state index in [1.807, 2.05) is 27.7 Å². The monoisotopic (exact) mass is 245 g/mol. The van der Waals surface area contributed by atoms with Gasteiger partial charge in [-0.25, -0.2) is 13.4 Å². The number of aromatic amines is 1. The van der Waals surface area contributed by atoms with Crippen LogP contribution >= 0.6 is 0 Å². The second-order valence-corrected chi connectivity index (χ2v) is 5.71. The van der Waals surface area contributed by atoms with Gasteiger partial charge < -0.3 is 4.98 Å². The number of hydrogen-bond acceptors (Lipinski definition) is 3. The number of nitrogens with one attached hydrogen (secondary N) is 1. The Morgan fingerprint density at radius 2 is 2.06 bits per heavy atom. The summed E-state index contributed by atoms with van der Waals surface area (Å²) in [6.45, 7) is 7.93. The van der Waals surface area contributed by atoms with Gasteiger partial charge in [0.1, 0.15) is 5.82 Å². The highest BCUT2D eigenvalue weighted by molar-refractivity contribution is 7.89. The van der Waals surface area contributed by atoms with Crippen LogP contribution in [0, 0.1) is 0 Å². The van der Waals surface area contributed by atoms with Gasteiger partial charge in [0.25, 0.3) is 10.0 Å². The zero-order valence-electron chi connectivity index (χ0n) is 10.2. The van der Waals surface area contributed by atoms with E-state index in [-0.39, 0.29) is 11.1 Å². The minimum atomic E-state index is -3.42. The van der Waals surface area contributed by atoms with Gasteiger partial charge in [0, 0.05) is 19.0 Å². The van der Waals surface area contributed by atoms with Crippen LogP contribution in [0.1, 0.15) is 33.5 Å². The number of aromatic nitrogens is 2. The maximum atomic E-state index is 12.2. The number of nitrogens with zero attached hydrogens (tertiary/aromatic N) is 2. The molecule has 0 atom stereocenters. The lowest BCUT2D eigenvalue weighted by molar-refractivity contribution is 0.368. The molecule has 1 aromatic heterocycles. The minimum absolute atomic E-state index is 0.0524. The van der Waals surface area contributed by atoms with E-state index in [4.69, 9.17) is 0 Å². The number of H-pyrrole nitrogens is 1. The first-order chi connectivity index (χ1) is 7.43. The molecule has 1 rings (SSSR count). The third-order valence-electron chi connectivity index (χ3n) is 2.41. The second-order valence-electron chi connectivity index (χ2n) is 3.85. The molecule has 0 aliphatic carbocycles. The molecule has 0 aliphatic heterocycles. The highest BCUT2D eigenvalue weighted by atomic mass is 32.2. The third kappa shape index (κ3) is 2.44. The van der Waals surface area contributed by atoms with Crippen LogP contribution in [-0.4, -0.2) is 35.3 Å². The quantitative estimate of drug-likeness (QED) is 0.852. The van der Waals surface area contributed by atoms with Crippen molar-refractivity contribution in [3.63, 3.8) is 0 Å². The summed E-state index contributed by atoms with van der Waals surface area (Å²) in [6.07, 6.45) is 2.09. The van der Waals surface area contributed by atoms with E-state index in [2.05, 4.69) is 9.97 Å².